The van der Waals surface area contributed by atoms with E-state index in [1.54, 1.807) is 0 Å². The summed E-state index contributed by atoms with van der Waals surface area (Å²) in [5.41, 5.74) is 1.25. The SMILES string of the molecule is CN=C(NCCC1CC1)N1CCC(COCc2ccccc2)C1.I. The van der Waals surface area contributed by atoms with Gasteiger partial charge in [0.05, 0.1) is 13.2 Å². The van der Waals surface area contributed by atoms with Crippen LogP contribution in [0.15, 0.2) is 35.3 Å². The van der Waals surface area contributed by atoms with E-state index in [4.69, 9.17) is 4.74 Å². The number of benzene rings is 1. The molecule has 1 saturated heterocycles. The summed E-state index contributed by atoms with van der Waals surface area (Å²) >= 11 is 0. The van der Waals surface area contributed by atoms with Crippen LogP contribution in [0.1, 0.15) is 31.2 Å². The lowest BCUT2D eigenvalue weighted by atomic mass is 10.1. The standard InChI is InChI=1S/C19H29N3O.HI/c1-20-19(21-11-9-16-7-8-16)22-12-10-18(13-22)15-23-14-17-5-3-2-4-6-17;/h2-6,16,18H,7-15H2,1H3,(H,20,21);1H. The highest BCUT2D eigenvalue weighted by Crippen LogP contribution is 2.31. The fraction of sp³-hybridized carbons (Fsp3) is 0.632. The molecule has 0 amide bonds. The quantitative estimate of drug-likeness (QED) is 0.398. The number of likely N-dealkylation sites (tertiary alicyclic amines) is 1. The van der Waals surface area contributed by atoms with Crippen molar-refractivity contribution in [2.24, 2.45) is 16.8 Å². The minimum absolute atomic E-state index is 0. The molecule has 0 radical (unpaired) electrons. The number of ether oxygens (including phenoxy) is 1. The molecule has 1 aliphatic heterocycles. The number of guanidine groups is 1. The molecule has 134 valence electrons. The van der Waals surface area contributed by atoms with Crippen molar-refractivity contribution >= 4 is 29.9 Å². The zero-order valence-electron chi connectivity index (χ0n) is 14.6. The number of rotatable bonds is 7. The van der Waals surface area contributed by atoms with Crippen LogP contribution < -0.4 is 5.32 Å². The summed E-state index contributed by atoms with van der Waals surface area (Å²) < 4.78 is 5.90. The molecule has 1 heterocycles. The van der Waals surface area contributed by atoms with E-state index < -0.39 is 0 Å². The zero-order chi connectivity index (χ0) is 15.9. The summed E-state index contributed by atoms with van der Waals surface area (Å²) in [6, 6.07) is 10.4. The van der Waals surface area contributed by atoms with Crippen LogP contribution in [-0.4, -0.2) is 44.1 Å². The molecule has 0 spiro atoms. The van der Waals surface area contributed by atoms with Gasteiger partial charge in [0, 0.05) is 32.6 Å². The van der Waals surface area contributed by atoms with E-state index in [2.05, 4.69) is 39.5 Å². The van der Waals surface area contributed by atoms with Crippen molar-refractivity contribution in [1.29, 1.82) is 0 Å². The minimum atomic E-state index is 0. The molecule has 2 fully saturated rings. The Hall–Kier alpha value is -0.820. The zero-order valence-corrected chi connectivity index (χ0v) is 16.9. The van der Waals surface area contributed by atoms with Crippen molar-refractivity contribution in [3.05, 3.63) is 35.9 Å². The maximum absolute atomic E-state index is 5.90. The Kier molecular flexibility index (Phi) is 8.32. The lowest BCUT2D eigenvalue weighted by Gasteiger charge is -2.21. The maximum Gasteiger partial charge on any atom is 0.193 e. The molecule has 0 aromatic heterocycles. The van der Waals surface area contributed by atoms with Gasteiger partial charge < -0.3 is 15.0 Å². The number of hydrogen-bond donors (Lipinski definition) is 1. The van der Waals surface area contributed by atoms with Crippen molar-refractivity contribution in [2.45, 2.75) is 32.3 Å². The molecule has 1 aromatic carbocycles. The first-order valence-electron chi connectivity index (χ1n) is 8.92. The molecule has 24 heavy (non-hydrogen) atoms. The first-order chi connectivity index (χ1) is 11.3. The molecule has 2 aliphatic rings. The van der Waals surface area contributed by atoms with Gasteiger partial charge in [-0.15, -0.1) is 24.0 Å². The van der Waals surface area contributed by atoms with Crippen LogP contribution in [0.25, 0.3) is 0 Å². The Morgan fingerprint density at radius 3 is 2.71 bits per heavy atom. The Labute approximate surface area is 163 Å². The predicted octanol–water partition coefficient (Wildman–Crippen LogP) is 3.52. The molecule has 1 aliphatic carbocycles. The Morgan fingerprint density at radius 2 is 2.00 bits per heavy atom. The third kappa shape index (κ3) is 6.24. The van der Waals surface area contributed by atoms with E-state index in [0.717, 1.165) is 38.1 Å². The highest BCUT2D eigenvalue weighted by atomic mass is 127. The third-order valence-electron chi connectivity index (χ3n) is 4.79. The summed E-state index contributed by atoms with van der Waals surface area (Å²) in [5.74, 6) is 2.65. The summed E-state index contributed by atoms with van der Waals surface area (Å²) in [7, 11) is 1.89. The van der Waals surface area contributed by atoms with Gasteiger partial charge in [-0.1, -0.05) is 43.2 Å². The second kappa shape index (κ2) is 10.2. The Morgan fingerprint density at radius 1 is 1.21 bits per heavy atom. The summed E-state index contributed by atoms with van der Waals surface area (Å²) in [6.07, 6.45) is 5.32. The van der Waals surface area contributed by atoms with Gasteiger partial charge >= 0.3 is 0 Å². The van der Waals surface area contributed by atoms with Crippen LogP contribution in [-0.2, 0) is 11.3 Å². The van der Waals surface area contributed by atoms with Crippen molar-refractivity contribution in [3.63, 3.8) is 0 Å². The summed E-state index contributed by atoms with van der Waals surface area (Å²) in [4.78, 5) is 6.82. The molecular formula is C19H30IN3O. The number of nitrogens with one attached hydrogen (secondary N) is 1. The number of halogens is 1. The number of nitrogens with zero attached hydrogens (tertiary/aromatic N) is 2. The smallest absolute Gasteiger partial charge is 0.193 e. The molecule has 4 nitrogen and oxygen atoms in total. The molecule has 1 unspecified atom stereocenters. The lowest BCUT2D eigenvalue weighted by molar-refractivity contribution is 0.0907. The molecular weight excluding hydrogens is 413 g/mol. The second-order valence-corrected chi connectivity index (χ2v) is 6.81. The van der Waals surface area contributed by atoms with Crippen LogP contribution in [0.3, 0.4) is 0 Å². The van der Waals surface area contributed by atoms with Crippen molar-refractivity contribution in [3.8, 4) is 0 Å². The number of hydrogen-bond acceptors (Lipinski definition) is 2. The summed E-state index contributed by atoms with van der Waals surface area (Å²) in [6.45, 7) is 4.75. The normalized spacial score (nSPS) is 20.8. The molecule has 3 rings (SSSR count). The number of aliphatic imine (C=N–C) groups is 1. The molecule has 1 aromatic rings. The molecule has 5 heteroatoms. The average Bonchev–Trinajstić information content (AvgIpc) is 3.30. The first kappa shape index (κ1) is 19.5. The van der Waals surface area contributed by atoms with E-state index in [9.17, 15) is 0 Å². The highest BCUT2D eigenvalue weighted by molar-refractivity contribution is 14.0. The van der Waals surface area contributed by atoms with E-state index >= 15 is 0 Å². The van der Waals surface area contributed by atoms with Crippen LogP contribution >= 0.6 is 24.0 Å². The third-order valence-corrected chi connectivity index (χ3v) is 4.79. The second-order valence-electron chi connectivity index (χ2n) is 6.81. The van der Waals surface area contributed by atoms with E-state index in [1.807, 2.05) is 13.1 Å². The van der Waals surface area contributed by atoms with Gasteiger partial charge in [0.25, 0.3) is 0 Å². The fourth-order valence-electron chi connectivity index (χ4n) is 3.21. The van der Waals surface area contributed by atoms with Crippen molar-refractivity contribution in [2.75, 3.05) is 33.3 Å². The largest absolute Gasteiger partial charge is 0.376 e. The van der Waals surface area contributed by atoms with Gasteiger partial charge in [0.15, 0.2) is 5.96 Å². The van der Waals surface area contributed by atoms with Crippen LogP contribution in [0.4, 0.5) is 0 Å². The van der Waals surface area contributed by atoms with E-state index in [-0.39, 0.29) is 24.0 Å². The van der Waals surface area contributed by atoms with Gasteiger partial charge in [-0.2, -0.15) is 0 Å². The Balaban J connectivity index is 0.00000208. The Bertz CT molecular complexity index is 505. The van der Waals surface area contributed by atoms with Crippen molar-refractivity contribution in [1.82, 2.24) is 10.2 Å². The van der Waals surface area contributed by atoms with Crippen LogP contribution in [0, 0.1) is 11.8 Å². The molecule has 1 N–H and O–H groups in total. The van der Waals surface area contributed by atoms with E-state index in [1.165, 1.54) is 31.2 Å². The maximum atomic E-state index is 5.90. The molecule has 1 atom stereocenters. The predicted molar refractivity (Wildman–Crippen MR) is 110 cm³/mol. The average molecular weight is 443 g/mol. The highest BCUT2D eigenvalue weighted by Gasteiger charge is 2.25. The van der Waals surface area contributed by atoms with Gasteiger partial charge in [-0.05, 0) is 24.3 Å². The lowest BCUT2D eigenvalue weighted by Crippen LogP contribution is -2.40. The fourth-order valence-corrected chi connectivity index (χ4v) is 3.21. The van der Waals surface area contributed by atoms with Crippen molar-refractivity contribution < 1.29 is 4.74 Å². The molecule has 1 saturated carbocycles. The van der Waals surface area contributed by atoms with E-state index in [0.29, 0.717) is 12.5 Å². The van der Waals surface area contributed by atoms with Gasteiger partial charge in [-0.3, -0.25) is 4.99 Å². The summed E-state index contributed by atoms with van der Waals surface area (Å²) in [5, 5.41) is 3.52. The van der Waals surface area contributed by atoms with Crippen LogP contribution in [0.5, 0.6) is 0 Å². The molecule has 0 bridgehead atoms. The first-order valence-corrected chi connectivity index (χ1v) is 8.92. The van der Waals surface area contributed by atoms with Gasteiger partial charge in [-0.25, -0.2) is 0 Å². The minimum Gasteiger partial charge on any atom is -0.376 e. The van der Waals surface area contributed by atoms with Gasteiger partial charge in [0.1, 0.15) is 0 Å². The monoisotopic (exact) mass is 443 g/mol. The van der Waals surface area contributed by atoms with Gasteiger partial charge in [0.2, 0.25) is 0 Å². The van der Waals surface area contributed by atoms with Crippen LogP contribution in [0.2, 0.25) is 0 Å². The topological polar surface area (TPSA) is 36.9 Å².